The summed E-state index contributed by atoms with van der Waals surface area (Å²) in [6, 6.07) is 14.9. The van der Waals surface area contributed by atoms with Crippen LogP contribution in [0.5, 0.6) is 5.75 Å². The molecule has 3 heteroatoms. The third-order valence-electron chi connectivity index (χ3n) is 3.75. The van der Waals surface area contributed by atoms with Gasteiger partial charge in [-0.2, -0.15) is 0 Å². The first-order valence-corrected chi connectivity index (χ1v) is 7.30. The number of ether oxygens (including phenoxy) is 1. The smallest absolute Gasteiger partial charge is 0.127 e. The van der Waals surface area contributed by atoms with Crippen LogP contribution in [0.4, 0.5) is 4.39 Å². The fourth-order valence-corrected chi connectivity index (χ4v) is 2.60. The van der Waals surface area contributed by atoms with Crippen LogP contribution in [-0.4, -0.2) is 7.11 Å². The molecule has 2 aromatic rings. The first-order valence-electron chi connectivity index (χ1n) is 7.30. The summed E-state index contributed by atoms with van der Waals surface area (Å²) in [5.74, 6) is 0.685. The van der Waals surface area contributed by atoms with Crippen molar-refractivity contribution in [2.24, 2.45) is 0 Å². The van der Waals surface area contributed by atoms with Crippen LogP contribution in [0.15, 0.2) is 48.5 Å². The summed E-state index contributed by atoms with van der Waals surface area (Å²) >= 11 is 0. The maximum atomic E-state index is 14.0. The molecule has 0 saturated carbocycles. The van der Waals surface area contributed by atoms with Gasteiger partial charge in [-0.3, -0.25) is 0 Å². The quantitative estimate of drug-likeness (QED) is 0.836. The zero-order valence-corrected chi connectivity index (χ0v) is 12.8. The van der Waals surface area contributed by atoms with Crippen molar-refractivity contribution in [3.63, 3.8) is 0 Å². The number of rotatable bonds is 6. The summed E-state index contributed by atoms with van der Waals surface area (Å²) in [4.78, 5) is 0. The highest BCUT2D eigenvalue weighted by Crippen LogP contribution is 2.28. The van der Waals surface area contributed by atoms with Crippen molar-refractivity contribution in [2.45, 2.75) is 32.4 Å². The Bertz CT molecular complexity index is 585. The first-order chi connectivity index (χ1) is 10.2. The Morgan fingerprint density at radius 1 is 1.05 bits per heavy atom. The fourth-order valence-electron chi connectivity index (χ4n) is 2.60. The van der Waals surface area contributed by atoms with E-state index in [-0.39, 0.29) is 17.9 Å². The van der Waals surface area contributed by atoms with Crippen molar-refractivity contribution >= 4 is 0 Å². The standard InChI is InChI=1S/C18H22FNO/c1-4-17(15-10-5-7-11-16(15)19)20-13(2)14-9-6-8-12-18(14)21-3/h5-13,17,20H,4H2,1-3H3/t13-,17?/m1/s1. The largest absolute Gasteiger partial charge is 0.496 e. The summed E-state index contributed by atoms with van der Waals surface area (Å²) in [5, 5.41) is 3.49. The number of benzene rings is 2. The monoisotopic (exact) mass is 287 g/mol. The molecule has 0 heterocycles. The van der Waals surface area contributed by atoms with Crippen molar-refractivity contribution < 1.29 is 9.13 Å². The Kier molecular flexibility index (Phi) is 5.34. The zero-order chi connectivity index (χ0) is 15.2. The molecular weight excluding hydrogens is 265 g/mol. The van der Waals surface area contributed by atoms with E-state index in [9.17, 15) is 4.39 Å². The molecule has 21 heavy (non-hydrogen) atoms. The number of hydrogen-bond donors (Lipinski definition) is 1. The molecule has 2 atom stereocenters. The van der Waals surface area contributed by atoms with Crippen LogP contribution < -0.4 is 10.1 Å². The Labute approximate surface area is 126 Å². The van der Waals surface area contributed by atoms with Crippen molar-refractivity contribution in [2.75, 3.05) is 7.11 Å². The number of hydrogen-bond acceptors (Lipinski definition) is 2. The normalized spacial score (nSPS) is 13.7. The van der Waals surface area contributed by atoms with Gasteiger partial charge < -0.3 is 10.1 Å². The molecule has 1 unspecified atom stereocenters. The minimum absolute atomic E-state index is 0.0221. The van der Waals surface area contributed by atoms with Crippen molar-refractivity contribution in [3.05, 3.63) is 65.5 Å². The molecule has 112 valence electrons. The average molecular weight is 287 g/mol. The van der Waals surface area contributed by atoms with Gasteiger partial charge in [0.15, 0.2) is 0 Å². The number of nitrogens with one attached hydrogen (secondary N) is 1. The Balaban J connectivity index is 2.20. The van der Waals surface area contributed by atoms with Crippen LogP contribution in [-0.2, 0) is 0 Å². The van der Waals surface area contributed by atoms with E-state index >= 15 is 0 Å². The van der Waals surface area contributed by atoms with Gasteiger partial charge in [-0.15, -0.1) is 0 Å². The van der Waals surface area contributed by atoms with Crippen LogP contribution in [0.25, 0.3) is 0 Å². The minimum Gasteiger partial charge on any atom is -0.496 e. The molecular formula is C18H22FNO. The van der Waals surface area contributed by atoms with E-state index < -0.39 is 0 Å². The second kappa shape index (κ2) is 7.23. The molecule has 2 nitrogen and oxygen atoms in total. The van der Waals surface area contributed by atoms with E-state index in [1.165, 1.54) is 6.07 Å². The predicted octanol–water partition coefficient (Wildman–Crippen LogP) is 4.64. The first kappa shape index (κ1) is 15.5. The second-order valence-electron chi connectivity index (χ2n) is 5.11. The van der Waals surface area contributed by atoms with Crippen molar-refractivity contribution in [3.8, 4) is 5.75 Å². The SMILES string of the molecule is CCC(N[C@H](C)c1ccccc1OC)c1ccccc1F. The topological polar surface area (TPSA) is 21.3 Å². The van der Waals surface area contributed by atoms with Gasteiger partial charge in [0.25, 0.3) is 0 Å². The molecule has 0 aromatic heterocycles. The maximum Gasteiger partial charge on any atom is 0.127 e. The molecule has 1 N–H and O–H groups in total. The van der Waals surface area contributed by atoms with E-state index in [1.807, 2.05) is 36.4 Å². The van der Waals surface area contributed by atoms with Crippen LogP contribution >= 0.6 is 0 Å². The van der Waals surface area contributed by atoms with E-state index in [0.717, 1.165) is 17.7 Å². The van der Waals surface area contributed by atoms with Crippen LogP contribution in [0.1, 0.15) is 43.5 Å². The molecule has 0 fully saturated rings. The molecule has 0 aliphatic heterocycles. The van der Waals surface area contributed by atoms with Crippen LogP contribution in [0.3, 0.4) is 0 Å². The number of halogens is 1. The van der Waals surface area contributed by atoms with E-state index in [4.69, 9.17) is 4.74 Å². The molecule has 0 aliphatic carbocycles. The molecule has 2 rings (SSSR count). The van der Waals surface area contributed by atoms with Gasteiger partial charge in [-0.1, -0.05) is 43.3 Å². The van der Waals surface area contributed by atoms with E-state index in [2.05, 4.69) is 19.2 Å². The van der Waals surface area contributed by atoms with Crippen molar-refractivity contribution in [1.29, 1.82) is 0 Å². The van der Waals surface area contributed by atoms with Gasteiger partial charge in [0.05, 0.1) is 7.11 Å². The van der Waals surface area contributed by atoms with Gasteiger partial charge in [0, 0.05) is 23.2 Å². The fraction of sp³-hybridized carbons (Fsp3) is 0.333. The van der Waals surface area contributed by atoms with Gasteiger partial charge in [0.1, 0.15) is 11.6 Å². The molecule has 0 aliphatic rings. The highest BCUT2D eigenvalue weighted by atomic mass is 19.1. The summed E-state index contributed by atoms with van der Waals surface area (Å²) in [5.41, 5.74) is 1.79. The summed E-state index contributed by atoms with van der Waals surface area (Å²) in [7, 11) is 1.67. The molecule has 0 spiro atoms. The highest BCUT2D eigenvalue weighted by Gasteiger charge is 2.18. The second-order valence-corrected chi connectivity index (χ2v) is 5.11. The van der Waals surface area contributed by atoms with Gasteiger partial charge in [0.2, 0.25) is 0 Å². The average Bonchev–Trinajstić information content (AvgIpc) is 2.53. The van der Waals surface area contributed by atoms with Crippen LogP contribution in [0, 0.1) is 5.82 Å². The summed E-state index contributed by atoms with van der Waals surface area (Å²) in [6.45, 7) is 4.13. The molecule has 2 aromatic carbocycles. The van der Waals surface area contributed by atoms with E-state index in [0.29, 0.717) is 5.56 Å². The Morgan fingerprint density at radius 2 is 1.67 bits per heavy atom. The highest BCUT2D eigenvalue weighted by molar-refractivity contribution is 5.36. The lowest BCUT2D eigenvalue weighted by Gasteiger charge is -2.24. The van der Waals surface area contributed by atoms with E-state index in [1.54, 1.807) is 13.2 Å². The van der Waals surface area contributed by atoms with Crippen molar-refractivity contribution in [1.82, 2.24) is 5.32 Å². The molecule has 0 amide bonds. The molecule has 0 radical (unpaired) electrons. The zero-order valence-electron chi connectivity index (χ0n) is 12.8. The predicted molar refractivity (Wildman–Crippen MR) is 84.0 cm³/mol. The minimum atomic E-state index is -0.163. The van der Waals surface area contributed by atoms with Gasteiger partial charge in [-0.05, 0) is 25.5 Å². The maximum absolute atomic E-state index is 14.0. The molecule has 0 bridgehead atoms. The Morgan fingerprint density at radius 3 is 2.29 bits per heavy atom. The number of methoxy groups -OCH3 is 1. The third kappa shape index (κ3) is 3.61. The lowest BCUT2D eigenvalue weighted by atomic mass is 10.0. The van der Waals surface area contributed by atoms with Crippen LogP contribution in [0.2, 0.25) is 0 Å². The lowest BCUT2D eigenvalue weighted by molar-refractivity contribution is 0.389. The van der Waals surface area contributed by atoms with Gasteiger partial charge >= 0.3 is 0 Å². The third-order valence-corrected chi connectivity index (χ3v) is 3.75. The molecule has 0 saturated heterocycles. The lowest BCUT2D eigenvalue weighted by Crippen LogP contribution is -2.25. The summed E-state index contributed by atoms with van der Waals surface area (Å²) < 4.78 is 19.4. The summed E-state index contributed by atoms with van der Waals surface area (Å²) in [6.07, 6.45) is 0.820. The number of para-hydroxylation sites is 1. The Hall–Kier alpha value is -1.87. The van der Waals surface area contributed by atoms with Gasteiger partial charge in [-0.25, -0.2) is 4.39 Å².